The lowest BCUT2D eigenvalue weighted by Crippen LogP contribution is -2.45. The van der Waals surface area contributed by atoms with Crippen LogP contribution in [-0.2, 0) is 16.1 Å². The van der Waals surface area contributed by atoms with Gasteiger partial charge in [0.05, 0.1) is 12.5 Å². The van der Waals surface area contributed by atoms with Gasteiger partial charge in [0.2, 0.25) is 5.91 Å². The monoisotopic (exact) mass is 335 g/mol. The van der Waals surface area contributed by atoms with E-state index in [1.165, 1.54) is 0 Å². The van der Waals surface area contributed by atoms with E-state index in [9.17, 15) is 4.79 Å². The minimum Gasteiger partial charge on any atom is -0.381 e. The van der Waals surface area contributed by atoms with Crippen molar-refractivity contribution in [2.24, 2.45) is 5.92 Å². The highest BCUT2D eigenvalue weighted by molar-refractivity contribution is 5.78. The van der Waals surface area contributed by atoms with Crippen molar-refractivity contribution in [2.75, 3.05) is 53.5 Å². The van der Waals surface area contributed by atoms with E-state index in [0.29, 0.717) is 6.04 Å². The number of aromatic amines is 1. The number of ether oxygens (including phenoxy) is 1. The van der Waals surface area contributed by atoms with Crippen molar-refractivity contribution in [1.82, 2.24) is 24.7 Å². The number of rotatable bonds is 4. The summed E-state index contributed by atoms with van der Waals surface area (Å²) in [5.41, 5.74) is 0. The van der Waals surface area contributed by atoms with E-state index in [-0.39, 0.29) is 11.8 Å². The minimum atomic E-state index is 0.0142. The summed E-state index contributed by atoms with van der Waals surface area (Å²) in [4.78, 5) is 26.7. The Kier molecular flexibility index (Phi) is 5.86. The summed E-state index contributed by atoms with van der Waals surface area (Å²) in [7, 11) is 3.70. The quantitative estimate of drug-likeness (QED) is 0.863. The van der Waals surface area contributed by atoms with E-state index in [2.05, 4.69) is 19.8 Å². The van der Waals surface area contributed by atoms with Crippen molar-refractivity contribution in [3.8, 4) is 0 Å². The van der Waals surface area contributed by atoms with E-state index < -0.39 is 0 Å². The van der Waals surface area contributed by atoms with Gasteiger partial charge in [-0.3, -0.25) is 14.6 Å². The van der Waals surface area contributed by atoms with Crippen molar-refractivity contribution in [2.45, 2.75) is 25.4 Å². The fourth-order valence-electron chi connectivity index (χ4n) is 3.75. The molecule has 1 N–H and O–H groups in total. The van der Waals surface area contributed by atoms with Crippen LogP contribution < -0.4 is 0 Å². The number of hydrogen-bond acceptors (Lipinski definition) is 5. The van der Waals surface area contributed by atoms with Crippen molar-refractivity contribution in [3.05, 3.63) is 18.2 Å². The van der Waals surface area contributed by atoms with Gasteiger partial charge in [0.1, 0.15) is 5.82 Å². The van der Waals surface area contributed by atoms with Crippen molar-refractivity contribution in [3.63, 3.8) is 0 Å². The van der Waals surface area contributed by atoms with Gasteiger partial charge in [-0.1, -0.05) is 0 Å². The molecule has 1 aromatic rings. The summed E-state index contributed by atoms with van der Waals surface area (Å²) in [5.74, 6) is 1.20. The summed E-state index contributed by atoms with van der Waals surface area (Å²) in [5, 5.41) is 0. The van der Waals surface area contributed by atoms with Gasteiger partial charge in [0.25, 0.3) is 0 Å². The highest BCUT2D eigenvalue weighted by Gasteiger charge is 2.32. The van der Waals surface area contributed by atoms with Gasteiger partial charge in [0.15, 0.2) is 0 Å². The molecule has 1 aromatic heterocycles. The number of carbonyl (C=O) groups excluding carboxylic acids is 1. The van der Waals surface area contributed by atoms with Gasteiger partial charge in [-0.2, -0.15) is 0 Å². The van der Waals surface area contributed by atoms with Crippen LogP contribution in [0, 0.1) is 5.92 Å². The molecule has 2 saturated heterocycles. The number of imidazole rings is 1. The Morgan fingerprint density at radius 2 is 2.12 bits per heavy atom. The number of aromatic nitrogens is 2. The van der Waals surface area contributed by atoms with E-state index >= 15 is 0 Å². The molecule has 2 fully saturated rings. The molecule has 0 spiro atoms. The Hall–Kier alpha value is -1.44. The average Bonchev–Trinajstić information content (AvgIpc) is 3.00. The maximum absolute atomic E-state index is 12.7. The van der Waals surface area contributed by atoms with Gasteiger partial charge in [-0.15, -0.1) is 0 Å². The van der Waals surface area contributed by atoms with Crippen LogP contribution in [0.1, 0.15) is 18.7 Å². The molecule has 1 amide bonds. The average molecular weight is 335 g/mol. The van der Waals surface area contributed by atoms with Crippen LogP contribution in [0.25, 0.3) is 0 Å². The Morgan fingerprint density at radius 3 is 2.79 bits per heavy atom. The molecule has 7 heteroatoms. The third-order valence-electron chi connectivity index (χ3n) is 5.06. The molecular formula is C17H29N5O2. The predicted molar refractivity (Wildman–Crippen MR) is 91.5 cm³/mol. The van der Waals surface area contributed by atoms with Crippen LogP contribution in [0.5, 0.6) is 0 Å². The zero-order valence-corrected chi connectivity index (χ0v) is 14.8. The number of nitrogens with one attached hydrogen (secondary N) is 1. The molecule has 0 aromatic carbocycles. The molecule has 1 atom stereocenters. The smallest absolute Gasteiger partial charge is 0.227 e. The lowest BCUT2D eigenvalue weighted by Gasteiger charge is -2.34. The van der Waals surface area contributed by atoms with Gasteiger partial charge in [-0.25, -0.2) is 4.98 Å². The molecule has 0 bridgehead atoms. The summed E-state index contributed by atoms with van der Waals surface area (Å²) in [6, 6.07) is 0.541. The SMILES string of the molecule is CN(C)C(=O)C1CN(Cc2ncc[nH]2)CCN(C2CCOCC2)C1. The summed E-state index contributed by atoms with van der Waals surface area (Å²) in [6.45, 7) is 6.05. The molecule has 3 heterocycles. The molecule has 0 radical (unpaired) electrons. The second kappa shape index (κ2) is 8.09. The van der Waals surface area contributed by atoms with Gasteiger partial charge in [0, 0.05) is 71.9 Å². The third kappa shape index (κ3) is 4.34. The molecule has 24 heavy (non-hydrogen) atoms. The fourth-order valence-corrected chi connectivity index (χ4v) is 3.75. The zero-order valence-electron chi connectivity index (χ0n) is 14.8. The summed E-state index contributed by atoms with van der Waals surface area (Å²) in [6.07, 6.45) is 5.77. The number of hydrogen-bond donors (Lipinski definition) is 1. The Bertz CT molecular complexity index is 513. The van der Waals surface area contributed by atoms with E-state index in [1.54, 1.807) is 11.1 Å². The maximum atomic E-state index is 12.7. The molecule has 2 aliphatic heterocycles. The number of amides is 1. The van der Waals surface area contributed by atoms with Crippen LogP contribution >= 0.6 is 0 Å². The van der Waals surface area contributed by atoms with E-state index in [0.717, 1.165) is 64.6 Å². The topological polar surface area (TPSA) is 64.7 Å². The summed E-state index contributed by atoms with van der Waals surface area (Å²) < 4.78 is 5.50. The van der Waals surface area contributed by atoms with Crippen LogP contribution in [0.3, 0.4) is 0 Å². The molecule has 0 aliphatic carbocycles. The first kappa shape index (κ1) is 17.4. The fraction of sp³-hybridized carbons (Fsp3) is 0.765. The van der Waals surface area contributed by atoms with Crippen molar-refractivity contribution < 1.29 is 9.53 Å². The molecule has 7 nitrogen and oxygen atoms in total. The first-order valence-electron chi connectivity index (χ1n) is 8.87. The molecule has 0 saturated carbocycles. The molecule has 1 unspecified atom stereocenters. The largest absolute Gasteiger partial charge is 0.381 e. The molecule has 2 aliphatic rings. The first-order valence-corrected chi connectivity index (χ1v) is 8.87. The number of nitrogens with zero attached hydrogens (tertiary/aromatic N) is 4. The van der Waals surface area contributed by atoms with Crippen molar-refractivity contribution >= 4 is 5.91 Å². The maximum Gasteiger partial charge on any atom is 0.227 e. The lowest BCUT2D eigenvalue weighted by molar-refractivity contribution is -0.134. The zero-order chi connectivity index (χ0) is 16.9. The second-order valence-corrected chi connectivity index (χ2v) is 7.04. The molecular weight excluding hydrogens is 306 g/mol. The van der Waals surface area contributed by atoms with Crippen molar-refractivity contribution in [1.29, 1.82) is 0 Å². The van der Waals surface area contributed by atoms with E-state index in [1.807, 2.05) is 20.3 Å². The normalized spacial score (nSPS) is 24.7. The number of H-pyrrole nitrogens is 1. The lowest BCUT2D eigenvalue weighted by atomic mass is 10.0. The first-order chi connectivity index (χ1) is 11.6. The summed E-state index contributed by atoms with van der Waals surface area (Å²) >= 11 is 0. The minimum absolute atomic E-state index is 0.0142. The third-order valence-corrected chi connectivity index (χ3v) is 5.06. The molecule has 3 rings (SSSR count). The van der Waals surface area contributed by atoms with Crippen LogP contribution in [0.2, 0.25) is 0 Å². The Morgan fingerprint density at radius 1 is 1.33 bits per heavy atom. The molecule has 134 valence electrons. The van der Waals surface area contributed by atoms with Crippen LogP contribution in [-0.4, -0.2) is 90.1 Å². The number of carbonyl (C=O) groups is 1. The van der Waals surface area contributed by atoms with E-state index in [4.69, 9.17) is 4.74 Å². The van der Waals surface area contributed by atoms with Gasteiger partial charge in [-0.05, 0) is 12.8 Å². The Labute approximate surface area is 144 Å². The van der Waals surface area contributed by atoms with Gasteiger partial charge < -0.3 is 14.6 Å². The van der Waals surface area contributed by atoms with Crippen LogP contribution in [0.4, 0.5) is 0 Å². The standard InChI is InChI=1S/C17H29N5O2/c1-20(2)17(23)14-11-21(13-16-18-5-6-19-16)7-8-22(12-14)15-3-9-24-10-4-15/h5-6,14-15H,3-4,7-13H2,1-2H3,(H,18,19). The van der Waals surface area contributed by atoms with Crippen LogP contribution in [0.15, 0.2) is 12.4 Å². The highest BCUT2D eigenvalue weighted by Crippen LogP contribution is 2.20. The predicted octanol–water partition coefficient (Wildman–Crippen LogP) is 0.411. The van der Waals surface area contributed by atoms with Gasteiger partial charge >= 0.3 is 0 Å². The highest BCUT2D eigenvalue weighted by atomic mass is 16.5. The Balaban J connectivity index is 1.70. The second-order valence-electron chi connectivity index (χ2n) is 7.04.